The van der Waals surface area contributed by atoms with Crippen molar-refractivity contribution in [2.24, 2.45) is 0 Å². The Hall–Kier alpha value is -4.10. The van der Waals surface area contributed by atoms with Crippen LogP contribution in [0.2, 0.25) is 0 Å². The number of anilines is 1. The van der Waals surface area contributed by atoms with Gasteiger partial charge in [0.25, 0.3) is 10.0 Å². The topological polar surface area (TPSA) is 75.7 Å². The number of carbonyl (C=O) groups excluding carboxylic acids is 1. The van der Waals surface area contributed by atoms with Crippen LogP contribution in [0, 0.1) is 6.92 Å². The van der Waals surface area contributed by atoms with Crippen molar-refractivity contribution in [1.29, 1.82) is 0 Å². The van der Waals surface area contributed by atoms with Crippen LogP contribution in [-0.2, 0) is 14.8 Å². The highest BCUT2D eigenvalue weighted by Gasteiger charge is 2.29. The quantitative estimate of drug-likeness (QED) is 0.347. The van der Waals surface area contributed by atoms with Gasteiger partial charge in [-0.05, 0) is 53.9 Å². The van der Waals surface area contributed by atoms with Gasteiger partial charge in [-0.2, -0.15) is 0 Å². The predicted molar refractivity (Wildman–Crippen MR) is 142 cm³/mol. The first-order valence-electron chi connectivity index (χ1n) is 11.5. The molecule has 0 aromatic heterocycles. The van der Waals surface area contributed by atoms with Gasteiger partial charge in [-0.15, -0.1) is 0 Å². The van der Waals surface area contributed by atoms with Gasteiger partial charge >= 0.3 is 0 Å². The average Bonchev–Trinajstić information content (AvgIpc) is 2.91. The van der Waals surface area contributed by atoms with Gasteiger partial charge in [-0.3, -0.25) is 9.10 Å². The van der Waals surface area contributed by atoms with E-state index in [1.54, 1.807) is 49.4 Å². The van der Waals surface area contributed by atoms with Crippen molar-refractivity contribution < 1.29 is 17.9 Å². The summed E-state index contributed by atoms with van der Waals surface area (Å²) in [6.07, 6.45) is 0. The first-order valence-corrected chi connectivity index (χ1v) is 13.0. The highest BCUT2D eigenvalue weighted by Crippen LogP contribution is 2.28. The Balaban J connectivity index is 1.67. The number of nitrogens with zero attached hydrogens (tertiary/aromatic N) is 1. The number of carbonyl (C=O) groups is 1. The lowest BCUT2D eigenvalue weighted by Crippen LogP contribution is -2.42. The van der Waals surface area contributed by atoms with E-state index >= 15 is 0 Å². The van der Waals surface area contributed by atoms with Gasteiger partial charge in [-0.1, -0.05) is 78.9 Å². The first kappa shape index (κ1) is 25.0. The summed E-state index contributed by atoms with van der Waals surface area (Å²) < 4.78 is 33.9. The number of hydrogen-bond donors (Lipinski definition) is 1. The molecule has 4 aromatic rings. The van der Waals surface area contributed by atoms with Gasteiger partial charge in [0, 0.05) is 0 Å². The number of aryl methyl sites for hydroxylation is 1. The standard InChI is InChI=1S/C29H28N2O4S/c1-22-20-26(18-19-27(22)35-2)36(33,34)31(25-16-10-5-11-17-25)21-28(32)30-29(23-12-6-3-7-13-23)24-14-8-4-9-15-24/h3-20,29H,21H2,1-2H3,(H,30,32). The second kappa shape index (κ2) is 11.1. The number of rotatable bonds is 9. The Kier molecular flexibility index (Phi) is 7.71. The van der Waals surface area contributed by atoms with Gasteiger partial charge in [0.15, 0.2) is 0 Å². The molecule has 1 amide bonds. The molecule has 0 fully saturated rings. The number of benzene rings is 4. The van der Waals surface area contributed by atoms with Crippen LogP contribution < -0.4 is 14.4 Å². The molecule has 36 heavy (non-hydrogen) atoms. The third-order valence-electron chi connectivity index (χ3n) is 5.86. The Bertz CT molecular complexity index is 1370. The van der Waals surface area contributed by atoms with Crippen LogP contribution in [0.25, 0.3) is 0 Å². The molecule has 4 aromatic carbocycles. The zero-order chi connectivity index (χ0) is 25.5. The number of para-hydroxylation sites is 1. The van der Waals surface area contributed by atoms with Crippen molar-refractivity contribution >= 4 is 21.6 Å². The minimum absolute atomic E-state index is 0.0834. The molecule has 0 aliphatic rings. The smallest absolute Gasteiger partial charge is 0.264 e. The van der Waals surface area contributed by atoms with Gasteiger partial charge in [0.05, 0.1) is 23.7 Å². The van der Waals surface area contributed by atoms with E-state index in [1.807, 2.05) is 60.7 Å². The summed E-state index contributed by atoms with van der Waals surface area (Å²) in [5.41, 5.74) is 2.88. The fourth-order valence-electron chi connectivity index (χ4n) is 4.04. The molecule has 0 bridgehead atoms. The number of amides is 1. The molecule has 4 rings (SSSR count). The van der Waals surface area contributed by atoms with Crippen molar-refractivity contribution in [2.45, 2.75) is 17.9 Å². The van der Waals surface area contributed by atoms with E-state index in [0.29, 0.717) is 17.0 Å². The predicted octanol–water partition coefficient (Wildman–Crippen LogP) is 5.10. The highest BCUT2D eigenvalue weighted by molar-refractivity contribution is 7.92. The van der Waals surface area contributed by atoms with Crippen molar-refractivity contribution in [3.63, 3.8) is 0 Å². The number of sulfonamides is 1. The van der Waals surface area contributed by atoms with E-state index in [2.05, 4.69) is 5.32 Å². The van der Waals surface area contributed by atoms with E-state index in [9.17, 15) is 13.2 Å². The molecule has 0 atom stereocenters. The largest absolute Gasteiger partial charge is 0.496 e. The molecule has 1 N–H and O–H groups in total. The maximum Gasteiger partial charge on any atom is 0.264 e. The Morgan fingerprint density at radius 3 is 1.86 bits per heavy atom. The molecule has 0 heterocycles. The van der Waals surface area contributed by atoms with Gasteiger partial charge in [-0.25, -0.2) is 8.42 Å². The Morgan fingerprint density at radius 1 is 0.833 bits per heavy atom. The second-order valence-corrected chi connectivity index (χ2v) is 10.2. The molecule has 0 saturated heterocycles. The summed E-state index contributed by atoms with van der Waals surface area (Å²) in [5.74, 6) is 0.164. The van der Waals surface area contributed by atoms with Crippen LogP contribution >= 0.6 is 0 Å². The van der Waals surface area contributed by atoms with Gasteiger partial charge < -0.3 is 10.1 Å². The Morgan fingerprint density at radius 2 is 1.36 bits per heavy atom. The first-order chi connectivity index (χ1) is 17.4. The lowest BCUT2D eigenvalue weighted by atomic mass is 9.99. The van der Waals surface area contributed by atoms with Crippen molar-refractivity contribution in [3.05, 3.63) is 126 Å². The fraction of sp³-hybridized carbons (Fsp3) is 0.138. The van der Waals surface area contributed by atoms with Crippen LogP contribution in [0.1, 0.15) is 22.7 Å². The molecule has 184 valence electrons. The molecule has 7 heteroatoms. The van der Waals surface area contributed by atoms with Gasteiger partial charge in [0.1, 0.15) is 12.3 Å². The average molecular weight is 501 g/mol. The Labute approximate surface area is 212 Å². The lowest BCUT2D eigenvalue weighted by molar-refractivity contribution is -0.120. The maximum absolute atomic E-state index is 13.8. The van der Waals surface area contributed by atoms with E-state index in [-0.39, 0.29) is 11.4 Å². The second-order valence-electron chi connectivity index (χ2n) is 8.30. The van der Waals surface area contributed by atoms with Crippen LogP contribution in [-0.4, -0.2) is 28.0 Å². The summed E-state index contributed by atoms with van der Waals surface area (Å²) in [5, 5.41) is 3.04. The minimum Gasteiger partial charge on any atom is -0.496 e. The summed E-state index contributed by atoms with van der Waals surface area (Å²) in [4.78, 5) is 13.5. The van der Waals surface area contributed by atoms with Crippen LogP contribution in [0.15, 0.2) is 114 Å². The molecule has 0 spiro atoms. The summed E-state index contributed by atoms with van der Waals surface area (Å²) in [7, 11) is -2.51. The number of methoxy groups -OCH3 is 1. The molecular weight excluding hydrogens is 472 g/mol. The molecular formula is C29H28N2O4S. The fourth-order valence-corrected chi connectivity index (χ4v) is 5.54. The zero-order valence-electron chi connectivity index (χ0n) is 20.2. The molecule has 0 saturated carbocycles. The summed E-state index contributed by atoms with van der Waals surface area (Å²) >= 11 is 0. The van der Waals surface area contributed by atoms with Crippen LogP contribution in [0.5, 0.6) is 5.75 Å². The van der Waals surface area contributed by atoms with Crippen LogP contribution in [0.3, 0.4) is 0 Å². The van der Waals surface area contributed by atoms with E-state index in [1.165, 1.54) is 13.2 Å². The van der Waals surface area contributed by atoms with E-state index < -0.39 is 22.0 Å². The molecule has 6 nitrogen and oxygen atoms in total. The lowest BCUT2D eigenvalue weighted by Gasteiger charge is -2.26. The summed E-state index contributed by atoms with van der Waals surface area (Å²) in [6.45, 7) is 1.40. The molecule has 0 aliphatic heterocycles. The number of hydrogen-bond acceptors (Lipinski definition) is 4. The summed E-state index contributed by atoms with van der Waals surface area (Å²) in [6, 6.07) is 32.1. The van der Waals surface area contributed by atoms with Gasteiger partial charge in [0.2, 0.25) is 5.91 Å². The van der Waals surface area contributed by atoms with Crippen LogP contribution in [0.4, 0.5) is 5.69 Å². The highest BCUT2D eigenvalue weighted by atomic mass is 32.2. The number of nitrogens with one attached hydrogen (secondary N) is 1. The third kappa shape index (κ3) is 5.58. The monoisotopic (exact) mass is 500 g/mol. The minimum atomic E-state index is -4.04. The van der Waals surface area contributed by atoms with Crippen molar-refractivity contribution in [1.82, 2.24) is 5.32 Å². The molecule has 0 unspecified atom stereocenters. The normalized spacial score (nSPS) is 11.2. The van der Waals surface area contributed by atoms with Crippen molar-refractivity contribution in [3.8, 4) is 5.75 Å². The number of ether oxygens (including phenoxy) is 1. The molecule has 0 radical (unpaired) electrons. The van der Waals surface area contributed by atoms with E-state index in [0.717, 1.165) is 15.4 Å². The van der Waals surface area contributed by atoms with E-state index in [4.69, 9.17) is 4.74 Å². The SMILES string of the molecule is COc1ccc(S(=O)(=O)N(CC(=O)NC(c2ccccc2)c2ccccc2)c2ccccc2)cc1C. The van der Waals surface area contributed by atoms with Crippen molar-refractivity contribution in [2.75, 3.05) is 18.0 Å². The zero-order valence-corrected chi connectivity index (χ0v) is 21.0. The third-order valence-corrected chi connectivity index (χ3v) is 7.63. The molecule has 0 aliphatic carbocycles. The maximum atomic E-state index is 13.8.